The number of benzene rings is 2. The molecule has 196 valence electrons. The van der Waals surface area contributed by atoms with E-state index in [1.807, 2.05) is 63.2 Å². The molecule has 37 heavy (non-hydrogen) atoms. The molecule has 0 saturated heterocycles. The van der Waals surface area contributed by atoms with Crippen molar-refractivity contribution in [1.29, 1.82) is 0 Å². The average molecular weight is 508 g/mol. The maximum Gasteiger partial charge on any atom is 0.222 e. The lowest BCUT2D eigenvalue weighted by Crippen LogP contribution is -2.36. The molecule has 0 fully saturated rings. The van der Waals surface area contributed by atoms with Gasteiger partial charge in [-0.1, -0.05) is 36.4 Å². The van der Waals surface area contributed by atoms with E-state index < -0.39 is 6.10 Å². The second kappa shape index (κ2) is 11.7. The maximum atomic E-state index is 13.9. The van der Waals surface area contributed by atoms with Crippen molar-refractivity contribution in [3.8, 4) is 22.9 Å². The van der Waals surface area contributed by atoms with Crippen LogP contribution in [0.1, 0.15) is 32.1 Å². The quantitative estimate of drug-likeness (QED) is 0.277. The van der Waals surface area contributed by atoms with Crippen LogP contribution >= 0.6 is 0 Å². The third-order valence-electron chi connectivity index (χ3n) is 5.66. The number of hydrogen-bond acceptors (Lipinski definition) is 6. The Morgan fingerprint density at radius 3 is 2.51 bits per heavy atom. The monoisotopic (exact) mass is 507 g/mol. The molecule has 0 saturated carbocycles. The highest BCUT2D eigenvalue weighted by Gasteiger charge is 2.25. The van der Waals surface area contributed by atoms with Crippen molar-refractivity contribution in [2.75, 3.05) is 13.2 Å². The van der Waals surface area contributed by atoms with Crippen LogP contribution in [0, 0.1) is 5.82 Å². The van der Waals surface area contributed by atoms with Crippen molar-refractivity contribution in [2.24, 2.45) is 7.05 Å². The van der Waals surface area contributed by atoms with E-state index in [2.05, 4.69) is 4.90 Å². The summed E-state index contributed by atoms with van der Waals surface area (Å²) >= 11 is 0. The first kappa shape index (κ1) is 26.6. The number of aliphatic hydroxyl groups is 1. The molecule has 0 aliphatic carbocycles. The van der Waals surface area contributed by atoms with Crippen LogP contribution in [-0.4, -0.2) is 44.6 Å². The number of rotatable bonds is 11. The molecule has 0 radical (unpaired) electrons. The topological polar surface area (TPSA) is 72.9 Å². The molecule has 0 aliphatic heterocycles. The minimum atomic E-state index is -0.723. The van der Waals surface area contributed by atoms with Crippen molar-refractivity contribution in [2.45, 2.75) is 45.6 Å². The molecular weight excluding hydrogens is 473 g/mol. The third-order valence-corrected chi connectivity index (χ3v) is 5.66. The first-order valence-electron chi connectivity index (χ1n) is 12.3. The lowest BCUT2D eigenvalue weighted by molar-refractivity contribution is -0.0576. The number of nitrogens with zero attached hydrogens (tertiary/aromatic N) is 3. The van der Waals surface area contributed by atoms with Gasteiger partial charge in [0.1, 0.15) is 23.0 Å². The number of hydrogen-bond donors (Lipinski definition) is 1. The Hall–Kier alpha value is -3.46. The standard InChI is InChI=1S/C29H34FN3O4/c1-29(2,3)36-20-23(34)17-33(18-25-14-9-15-35-25)19-26-27(21-10-6-5-7-11-21)31-32(4)28(26)37-24-13-8-12-22(30)16-24/h5-16,23,34H,17-20H2,1-4H3/t23-/m0/s1. The van der Waals surface area contributed by atoms with Gasteiger partial charge < -0.3 is 19.0 Å². The summed E-state index contributed by atoms with van der Waals surface area (Å²) < 4.78 is 33.2. The Balaban J connectivity index is 1.68. The number of furan rings is 1. The summed E-state index contributed by atoms with van der Waals surface area (Å²) in [6, 6.07) is 19.6. The number of aliphatic hydroxyl groups excluding tert-OH is 1. The molecule has 4 aromatic rings. The molecule has 7 nitrogen and oxygen atoms in total. The van der Waals surface area contributed by atoms with Gasteiger partial charge >= 0.3 is 0 Å². The fourth-order valence-corrected chi connectivity index (χ4v) is 4.02. The summed E-state index contributed by atoms with van der Waals surface area (Å²) in [6.07, 6.45) is 0.906. The summed E-state index contributed by atoms with van der Waals surface area (Å²) in [5.74, 6) is 1.25. The van der Waals surface area contributed by atoms with Crippen LogP contribution in [0.25, 0.3) is 11.3 Å². The van der Waals surface area contributed by atoms with E-state index in [0.717, 1.165) is 22.6 Å². The zero-order chi connectivity index (χ0) is 26.4. The van der Waals surface area contributed by atoms with Crippen LogP contribution in [0.4, 0.5) is 4.39 Å². The lowest BCUT2D eigenvalue weighted by atomic mass is 10.1. The van der Waals surface area contributed by atoms with E-state index in [1.165, 1.54) is 12.1 Å². The smallest absolute Gasteiger partial charge is 0.222 e. The van der Waals surface area contributed by atoms with Crippen LogP contribution < -0.4 is 4.74 Å². The minimum Gasteiger partial charge on any atom is -0.468 e. The van der Waals surface area contributed by atoms with Gasteiger partial charge in [-0.25, -0.2) is 9.07 Å². The van der Waals surface area contributed by atoms with Gasteiger partial charge in [0.15, 0.2) is 0 Å². The Kier molecular flexibility index (Phi) is 8.43. The van der Waals surface area contributed by atoms with Gasteiger partial charge in [0.05, 0.1) is 36.7 Å². The first-order chi connectivity index (χ1) is 17.7. The zero-order valence-electron chi connectivity index (χ0n) is 21.7. The van der Waals surface area contributed by atoms with Crippen molar-refractivity contribution in [3.05, 3.63) is 90.1 Å². The molecule has 2 aromatic carbocycles. The Morgan fingerprint density at radius 2 is 1.84 bits per heavy atom. The van der Waals surface area contributed by atoms with Crippen molar-refractivity contribution in [3.63, 3.8) is 0 Å². The predicted octanol–water partition coefficient (Wildman–Crippen LogP) is 5.79. The normalized spacial score (nSPS) is 12.7. The van der Waals surface area contributed by atoms with Crippen LogP contribution in [0.2, 0.25) is 0 Å². The minimum absolute atomic E-state index is 0.198. The van der Waals surface area contributed by atoms with Gasteiger partial charge in [-0.2, -0.15) is 5.10 Å². The number of halogens is 1. The molecule has 4 rings (SSSR count). The predicted molar refractivity (Wildman–Crippen MR) is 140 cm³/mol. The van der Waals surface area contributed by atoms with Crippen LogP contribution in [0.15, 0.2) is 77.4 Å². The lowest BCUT2D eigenvalue weighted by Gasteiger charge is -2.27. The summed E-state index contributed by atoms with van der Waals surface area (Å²) in [4.78, 5) is 2.07. The first-order valence-corrected chi connectivity index (χ1v) is 12.3. The second-order valence-electron chi connectivity index (χ2n) is 10.0. The van der Waals surface area contributed by atoms with Crippen LogP contribution in [0.3, 0.4) is 0 Å². The molecule has 2 aromatic heterocycles. The van der Waals surface area contributed by atoms with Gasteiger partial charge in [0, 0.05) is 31.8 Å². The molecule has 1 atom stereocenters. The average Bonchev–Trinajstić information content (AvgIpc) is 3.46. The maximum absolute atomic E-state index is 13.9. The van der Waals surface area contributed by atoms with E-state index in [9.17, 15) is 9.50 Å². The Bertz CT molecular complexity index is 1270. The molecule has 1 N–H and O–H groups in total. The fraction of sp³-hybridized carbons (Fsp3) is 0.345. The molecule has 0 bridgehead atoms. The highest BCUT2D eigenvalue weighted by molar-refractivity contribution is 5.65. The van der Waals surface area contributed by atoms with E-state index >= 15 is 0 Å². The molecule has 0 amide bonds. The molecule has 8 heteroatoms. The van der Waals surface area contributed by atoms with Gasteiger partial charge in [0.25, 0.3) is 0 Å². The van der Waals surface area contributed by atoms with Gasteiger partial charge in [-0.05, 0) is 45.0 Å². The van der Waals surface area contributed by atoms with Gasteiger partial charge in [-0.15, -0.1) is 0 Å². The van der Waals surface area contributed by atoms with E-state index in [4.69, 9.17) is 19.0 Å². The summed E-state index contributed by atoms with van der Waals surface area (Å²) in [5.41, 5.74) is 2.13. The van der Waals surface area contributed by atoms with Crippen molar-refractivity contribution < 1.29 is 23.4 Å². The molecule has 2 heterocycles. The van der Waals surface area contributed by atoms with E-state index in [-0.39, 0.29) is 18.0 Å². The van der Waals surface area contributed by atoms with Crippen molar-refractivity contribution in [1.82, 2.24) is 14.7 Å². The molecule has 0 aliphatic rings. The van der Waals surface area contributed by atoms with Gasteiger partial charge in [-0.3, -0.25) is 4.90 Å². The largest absolute Gasteiger partial charge is 0.468 e. The van der Waals surface area contributed by atoms with Crippen LogP contribution in [0.5, 0.6) is 11.6 Å². The zero-order valence-corrected chi connectivity index (χ0v) is 21.7. The van der Waals surface area contributed by atoms with Gasteiger partial charge in [0.2, 0.25) is 5.88 Å². The van der Waals surface area contributed by atoms with E-state index in [0.29, 0.717) is 31.3 Å². The highest BCUT2D eigenvalue weighted by Crippen LogP contribution is 2.34. The fourth-order valence-electron chi connectivity index (χ4n) is 4.02. The molecular formula is C29H34FN3O4. The molecule has 0 spiro atoms. The third kappa shape index (κ3) is 7.52. The summed E-state index contributed by atoms with van der Waals surface area (Å²) in [5, 5.41) is 15.6. The summed E-state index contributed by atoms with van der Waals surface area (Å²) in [6.45, 7) is 7.26. The molecule has 0 unspecified atom stereocenters. The second-order valence-corrected chi connectivity index (χ2v) is 10.0. The SMILES string of the molecule is Cn1nc(-c2ccccc2)c(CN(Cc2ccco2)C[C@H](O)COC(C)(C)C)c1Oc1cccc(F)c1. The Morgan fingerprint density at radius 1 is 1.05 bits per heavy atom. The Labute approximate surface area is 217 Å². The van der Waals surface area contributed by atoms with Crippen molar-refractivity contribution >= 4 is 0 Å². The number of ether oxygens (including phenoxy) is 2. The van der Waals surface area contributed by atoms with E-state index in [1.54, 1.807) is 30.1 Å². The number of aryl methyl sites for hydroxylation is 1. The highest BCUT2D eigenvalue weighted by atomic mass is 19.1. The number of aromatic nitrogens is 2. The summed E-state index contributed by atoms with van der Waals surface area (Å²) in [7, 11) is 1.80. The van der Waals surface area contributed by atoms with Crippen LogP contribution in [-0.2, 0) is 24.9 Å².